The van der Waals surface area contributed by atoms with E-state index in [2.05, 4.69) is 13.0 Å². The highest BCUT2D eigenvalue weighted by Crippen LogP contribution is 2.70. The summed E-state index contributed by atoms with van der Waals surface area (Å²) in [4.78, 5) is 38.1. The van der Waals surface area contributed by atoms with E-state index in [0.717, 1.165) is 5.57 Å². The zero-order valence-corrected chi connectivity index (χ0v) is 28.4. The number of fused-ring (bicyclic) bond motifs is 5. The summed E-state index contributed by atoms with van der Waals surface area (Å²) in [5.74, 6) is -1.93. The van der Waals surface area contributed by atoms with Gasteiger partial charge in [0.25, 0.3) is 0 Å². The van der Waals surface area contributed by atoms with Gasteiger partial charge in [-0.25, -0.2) is 4.79 Å². The molecule has 1 heterocycles. The Morgan fingerprint density at radius 3 is 2.36 bits per heavy atom. The molecule has 12 atom stereocenters. The number of carbonyl (C=O) groups excluding carboxylic acids is 3. The Labute approximate surface area is 277 Å². The lowest BCUT2D eigenvalue weighted by Gasteiger charge is -2.66. The molecule has 6 rings (SSSR count). The first-order valence-electron chi connectivity index (χ1n) is 17.1. The molecule has 2 N–H and O–H groups in total. The van der Waals surface area contributed by atoms with Crippen molar-refractivity contribution < 1.29 is 48.3 Å². The lowest BCUT2D eigenvalue weighted by atomic mass is 9.43. The van der Waals surface area contributed by atoms with E-state index < -0.39 is 64.4 Å². The number of methoxy groups -OCH3 is 1. The van der Waals surface area contributed by atoms with Gasteiger partial charge in [-0.15, -0.1) is 0 Å². The maximum Gasteiger partial charge on any atom is 0.338 e. The number of carbonyl (C=O) groups is 3. The fraction of sp³-hybridized carbons (Fsp3) is 0.703. The average Bonchev–Trinajstić information content (AvgIpc) is 3.33. The molecular weight excluding hydrogens is 604 g/mol. The first-order chi connectivity index (χ1) is 22.2. The third-order valence-electron chi connectivity index (χ3n) is 12.7. The number of hydrogen-bond acceptors (Lipinski definition) is 10. The van der Waals surface area contributed by atoms with Gasteiger partial charge >= 0.3 is 11.9 Å². The number of ether oxygens (including phenoxy) is 5. The Kier molecular flexibility index (Phi) is 9.00. The standard InChI is InChI=1S/C37H50O10/c1-21(38)27-14-17-37(42)35(27,5)30(47-33(40)24-10-8-7-9-11-24)20-29-34(4)15-13-26(18-25(34)12-16-36(29,37)41)46-31-19-28(43-6)32(22(2)44-31)45-23(3)39/h7-12,22,26-32,41-42H,13-20H2,1-6H3/t22-,26+,27+,28+,29-,30-,31+,32-,34+,35+,36+,37-/m1/s1. The van der Waals surface area contributed by atoms with Crippen molar-refractivity contribution in [3.05, 3.63) is 47.5 Å². The van der Waals surface area contributed by atoms with Crippen LogP contribution in [0.4, 0.5) is 0 Å². The minimum Gasteiger partial charge on any atom is -0.458 e. The van der Waals surface area contributed by atoms with E-state index in [0.29, 0.717) is 44.1 Å². The van der Waals surface area contributed by atoms with Crippen LogP contribution in [-0.4, -0.2) is 83.1 Å². The SMILES string of the molecule is CO[C@H]1C[C@H](O[C@H]2CC[C@@]3(C)C(=CC[C@]4(O)[C@@H]3C[C@@H](OC(=O)c3ccccc3)[C@]3(C)[C@H](C(C)=O)CC[C@@]34O)C2)O[C@H](C)[C@H]1OC(C)=O. The fourth-order valence-corrected chi connectivity index (χ4v) is 10.2. The summed E-state index contributed by atoms with van der Waals surface area (Å²) in [7, 11) is 1.59. The summed E-state index contributed by atoms with van der Waals surface area (Å²) >= 11 is 0. The monoisotopic (exact) mass is 654 g/mol. The minimum atomic E-state index is -1.64. The van der Waals surface area contributed by atoms with Crippen molar-refractivity contribution >= 4 is 17.7 Å². The number of ketones is 1. The average molecular weight is 655 g/mol. The molecular formula is C37H50O10. The van der Waals surface area contributed by atoms with Gasteiger partial charge in [-0.1, -0.05) is 43.7 Å². The first kappa shape index (κ1) is 34.2. The highest BCUT2D eigenvalue weighted by atomic mass is 16.7. The molecule has 0 unspecified atom stereocenters. The molecule has 3 saturated carbocycles. The van der Waals surface area contributed by atoms with Gasteiger partial charge in [-0.2, -0.15) is 0 Å². The van der Waals surface area contributed by atoms with Gasteiger partial charge in [0.1, 0.15) is 29.2 Å². The molecule has 4 fully saturated rings. The smallest absolute Gasteiger partial charge is 0.338 e. The number of rotatable bonds is 7. The van der Waals surface area contributed by atoms with Crippen molar-refractivity contribution in [3.63, 3.8) is 0 Å². The Bertz CT molecular complexity index is 1410. The molecule has 10 nitrogen and oxygen atoms in total. The van der Waals surface area contributed by atoms with Crippen molar-refractivity contribution in [1.29, 1.82) is 0 Å². The van der Waals surface area contributed by atoms with Crippen molar-refractivity contribution in [1.82, 2.24) is 0 Å². The fourth-order valence-electron chi connectivity index (χ4n) is 10.2. The molecule has 5 aliphatic rings. The summed E-state index contributed by atoms with van der Waals surface area (Å²) in [6.45, 7) is 8.72. The quantitative estimate of drug-likeness (QED) is 0.315. The van der Waals surface area contributed by atoms with Gasteiger partial charge in [0.05, 0.1) is 17.8 Å². The third-order valence-corrected chi connectivity index (χ3v) is 12.7. The second-order valence-electron chi connectivity index (χ2n) is 15.0. The van der Waals surface area contributed by atoms with Crippen LogP contribution in [-0.2, 0) is 33.3 Å². The van der Waals surface area contributed by atoms with Crippen LogP contribution in [0.25, 0.3) is 0 Å². The van der Waals surface area contributed by atoms with Crippen LogP contribution < -0.4 is 0 Å². The maximum absolute atomic E-state index is 13.5. The predicted molar refractivity (Wildman–Crippen MR) is 170 cm³/mol. The topological polar surface area (TPSA) is 138 Å². The van der Waals surface area contributed by atoms with Crippen LogP contribution in [0, 0.1) is 22.7 Å². The first-order valence-corrected chi connectivity index (χ1v) is 17.1. The number of benzene rings is 1. The Morgan fingerprint density at radius 1 is 0.979 bits per heavy atom. The van der Waals surface area contributed by atoms with Crippen LogP contribution in [0.3, 0.4) is 0 Å². The van der Waals surface area contributed by atoms with E-state index in [1.807, 2.05) is 19.9 Å². The highest BCUT2D eigenvalue weighted by molar-refractivity contribution is 5.89. The lowest BCUT2D eigenvalue weighted by Crippen LogP contribution is -2.75. The van der Waals surface area contributed by atoms with Crippen LogP contribution in [0.5, 0.6) is 0 Å². The second kappa shape index (κ2) is 12.4. The maximum atomic E-state index is 13.5. The largest absolute Gasteiger partial charge is 0.458 e. The van der Waals surface area contributed by atoms with Gasteiger partial charge in [0.2, 0.25) is 0 Å². The van der Waals surface area contributed by atoms with Crippen LogP contribution in [0.2, 0.25) is 0 Å². The molecule has 47 heavy (non-hydrogen) atoms. The Morgan fingerprint density at radius 2 is 1.70 bits per heavy atom. The van der Waals surface area contributed by atoms with E-state index in [9.17, 15) is 24.6 Å². The Hall–Kier alpha value is -2.63. The molecule has 0 aromatic heterocycles. The van der Waals surface area contributed by atoms with E-state index >= 15 is 0 Å². The predicted octanol–water partition coefficient (Wildman–Crippen LogP) is 4.69. The molecule has 10 heteroatoms. The number of esters is 2. The molecule has 1 aromatic rings. The van der Waals surface area contributed by atoms with Crippen LogP contribution in [0.1, 0.15) is 96.3 Å². The van der Waals surface area contributed by atoms with E-state index in [1.54, 1.807) is 31.4 Å². The van der Waals surface area contributed by atoms with E-state index in [4.69, 9.17) is 23.7 Å². The summed E-state index contributed by atoms with van der Waals surface area (Å²) in [5, 5.41) is 25.4. The molecule has 1 saturated heterocycles. The van der Waals surface area contributed by atoms with E-state index in [1.165, 1.54) is 13.8 Å². The number of hydrogen-bond donors (Lipinski definition) is 2. The molecule has 4 aliphatic carbocycles. The zero-order valence-electron chi connectivity index (χ0n) is 28.4. The Balaban J connectivity index is 1.26. The summed E-state index contributed by atoms with van der Waals surface area (Å²) in [6.07, 6.45) is 3.00. The molecule has 0 bridgehead atoms. The van der Waals surface area contributed by atoms with Crippen molar-refractivity contribution in [2.24, 2.45) is 22.7 Å². The van der Waals surface area contributed by atoms with Crippen LogP contribution >= 0.6 is 0 Å². The molecule has 0 radical (unpaired) electrons. The van der Waals surface area contributed by atoms with Gasteiger partial charge in [0.15, 0.2) is 12.4 Å². The summed E-state index contributed by atoms with van der Waals surface area (Å²) in [6, 6.07) is 8.76. The summed E-state index contributed by atoms with van der Waals surface area (Å²) < 4.78 is 30.0. The van der Waals surface area contributed by atoms with Crippen molar-refractivity contribution in [2.45, 2.75) is 134 Å². The molecule has 258 valence electrons. The molecule has 0 spiro atoms. The molecule has 1 aromatic carbocycles. The lowest BCUT2D eigenvalue weighted by molar-refractivity contribution is -0.299. The number of Topliss-reactive ketones (excluding diaryl/α,β-unsaturated/α-hetero) is 1. The van der Waals surface area contributed by atoms with Crippen molar-refractivity contribution in [2.75, 3.05) is 7.11 Å². The van der Waals surface area contributed by atoms with Crippen LogP contribution in [0.15, 0.2) is 42.0 Å². The number of aliphatic hydroxyl groups is 2. The minimum absolute atomic E-state index is 0.0729. The van der Waals surface area contributed by atoms with Gasteiger partial charge in [-0.05, 0) is 76.3 Å². The molecule has 0 amide bonds. The normalized spacial score (nSPS) is 44.3. The highest BCUT2D eigenvalue weighted by Gasteiger charge is 2.77. The zero-order chi connectivity index (χ0) is 33.9. The van der Waals surface area contributed by atoms with Gasteiger partial charge < -0.3 is 33.9 Å². The van der Waals surface area contributed by atoms with Gasteiger partial charge in [0, 0.05) is 37.7 Å². The molecule has 1 aliphatic heterocycles. The van der Waals surface area contributed by atoms with Gasteiger partial charge in [-0.3, -0.25) is 9.59 Å². The van der Waals surface area contributed by atoms with Crippen molar-refractivity contribution in [3.8, 4) is 0 Å². The second-order valence-corrected chi connectivity index (χ2v) is 15.0. The summed E-state index contributed by atoms with van der Waals surface area (Å²) in [5.41, 5.74) is -3.25. The van der Waals surface area contributed by atoms with E-state index in [-0.39, 0.29) is 36.8 Å². The third kappa shape index (κ3) is 5.39.